The molecule has 0 radical (unpaired) electrons. The Morgan fingerprint density at radius 2 is 1.71 bits per heavy atom. The molecule has 0 atom stereocenters. The van der Waals surface area contributed by atoms with Gasteiger partial charge in [0.25, 0.3) is 0 Å². The molecule has 0 aliphatic carbocycles. The van der Waals surface area contributed by atoms with E-state index < -0.39 is 8.07 Å². The van der Waals surface area contributed by atoms with E-state index in [1.165, 1.54) is 10.8 Å². The van der Waals surface area contributed by atoms with E-state index >= 15 is 0 Å². The van der Waals surface area contributed by atoms with Gasteiger partial charge in [-0.25, -0.2) is 0 Å². The fraction of sp³-hybridized carbons (Fsp3) is 0.294. The Kier molecular flexibility index (Phi) is 5.18. The first-order chi connectivity index (χ1) is 9.77. The Hall–Kier alpha value is -0.773. The Balaban J connectivity index is 2.08. The first-order valence-corrected chi connectivity index (χ1v) is 11.7. The van der Waals surface area contributed by atoms with E-state index in [2.05, 4.69) is 65.2 Å². The van der Waals surface area contributed by atoms with Crippen molar-refractivity contribution in [2.24, 2.45) is 0 Å². The first kappa shape index (κ1) is 16.6. The van der Waals surface area contributed by atoms with Crippen molar-refractivity contribution in [3.05, 3.63) is 57.0 Å². The number of halogens is 2. The van der Waals surface area contributed by atoms with Crippen LogP contribution in [0.25, 0.3) is 0 Å². The van der Waals surface area contributed by atoms with Gasteiger partial charge in [-0.2, -0.15) is 0 Å². The number of aryl methyl sites for hydroxylation is 1. The largest absolute Gasteiger partial charge is 0.380 e. The zero-order valence-corrected chi connectivity index (χ0v) is 16.3. The van der Waals surface area contributed by atoms with E-state index in [-0.39, 0.29) is 0 Å². The van der Waals surface area contributed by atoms with Crippen LogP contribution in [0.5, 0.6) is 0 Å². The lowest BCUT2D eigenvalue weighted by molar-refractivity contribution is 1.15. The molecule has 21 heavy (non-hydrogen) atoms. The molecule has 0 heterocycles. The number of nitrogens with one attached hydrogen (secondary N) is 1. The molecule has 0 spiro atoms. The van der Waals surface area contributed by atoms with E-state index in [1.54, 1.807) is 0 Å². The summed E-state index contributed by atoms with van der Waals surface area (Å²) in [5.74, 6) is 0. The van der Waals surface area contributed by atoms with Crippen LogP contribution in [0.3, 0.4) is 0 Å². The van der Waals surface area contributed by atoms with Crippen molar-refractivity contribution in [3.8, 4) is 0 Å². The van der Waals surface area contributed by atoms with Crippen LogP contribution >= 0.6 is 27.5 Å². The van der Waals surface area contributed by atoms with E-state index in [0.717, 1.165) is 27.3 Å². The zero-order chi connectivity index (χ0) is 15.6. The van der Waals surface area contributed by atoms with Crippen LogP contribution in [0.1, 0.15) is 11.1 Å². The van der Waals surface area contributed by atoms with Crippen molar-refractivity contribution in [2.75, 3.05) is 5.32 Å². The zero-order valence-electron chi connectivity index (χ0n) is 12.9. The van der Waals surface area contributed by atoms with Gasteiger partial charge in [0.2, 0.25) is 0 Å². The smallest absolute Gasteiger partial charge is 0.0775 e. The molecule has 0 aliphatic heterocycles. The highest BCUT2D eigenvalue weighted by Gasteiger charge is 2.15. The van der Waals surface area contributed by atoms with Crippen molar-refractivity contribution in [3.63, 3.8) is 0 Å². The Labute approximate surface area is 141 Å². The fourth-order valence-corrected chi connectivity index (χ4v) is 4.03. The summed E-state index contributed by atoms with van der Waals surface area (Å²) in [6.07, 6.45) is 0. The third kappa shape index (κ3) is 4.35. The summed E-state index contributed by atoms with van der Waals surface area (Å²) in [5.41, 5.74) is 3.38. The van der Waals surface area contributed by atoms with Gasteiger partial charge in [0.05, 0.1) is 13.8 Å². The van der Waals surface area contributed by atoms with Gasteiger partial charge in [-0.05, 0) is 46.1 Å². The van der Waals surface area contributed by atoms with E-state index in [4.69, 9.17) is 11.6 Å². The standard InChI is InChI=1S/C17H21BrClNSi/c1-12-9-15(18)17(10-16(12)19)20-11-13-5-7-14(8-6-13)21(2,3)4/h5-10,20H,11H2,1-4H3. The molecule has 2 rings (SSSR count). The molecule has 0 saturated carbocycles. The normalized spacial score (nSPS) is 11.5. The predicted octanol–water partition coefficient (Wildman–Crippen LogP) is 5.57. The number of rotatable bonds is 4. The summed E-state index contributed by atoms with van der Waals surface area (Å²) in [5, 5.41) is 5.71. The van der Waals surface area contributed by atoms with Gasteiger partial charge in [0.15, 0.2) is 0 Å². The molecule has 0 saturated heterocycles. The summed E-state index contributed by atoms with van der Waals surface area (Å²) >= 11 is 9.76. The van der Waals surface area contributed by atoms with E-state index in [1.807, 2.05) is 19.1 Å². The number of hydrogen-bond acceptors (Lipinski definition) is 1. The molecule has 0 bridgehead atoms. The Morgan fingerprint density at radius 1 is 1.10 bits per heavy atom. The van der Waals surface area contributed by atoms with Crippen LogP contribution in [-0.4, -0.2) is 8.07 Å². The number of anilines is 1. The molecule has 0 unspecified atom stereocenters. The molecular formula is C17H21BrClNSi. The quantitative estimate of drug-likeness (QED) is 0.682. The lowest BCUT2D eigenvalue weighted by Crippen LogP contribution is -2.37. The van der Waals surface area contributed by atoms with Crippen molar-refractivity contribution in [1.82, 2.24) is 0 Å². The molecule has 2 aromatic rings. The lowest BCUT2D eigenvalue weighted by Gasteiger charge is -2.17. The molecule has 112 valence electrons. The van der Waals surface area contributed by atoms with Gasteiger partial charge >= 0.3 is 0 Å². The Bertz CT molecular complexity index is 632. The average Bonchev–Trinajstić information content (AvgIpc) is 2.41. The molecule has 1 N–H and O–H groups in total. The highest BCUT2D eigenvalue weighted by molar-refractivity contribution is 9.10. The van der Waals surface area contributed by atoms with Crippen molar-refractivity contribution >= 4 is 46.5 Å². The van der Waals surface area contributed by atoms with Crippen LogP contribution in [0.4, 0.5) is 5.69 Å². The lowest BCUT2D eigenvalue weighted by atomic mass is 10.2. The Morgan fingerprint density at radius 3 is 2.29 bits per heavy atom. The van der Waals surface area contributed by atoms with E-state index in [0.29, 0.717) is 0 Å². The minimum Gasteiger partial charge on any atom is -0.380 e. The summed E-state index contributed by atoms with van der Waals surface area (Å²) in [7, 11) is -1.21. The van der Waals surface area contributed by atoms with Gasteiger partial charge < -0.3 is 5.32 Å². The van der Waals surface area contributed by atoms with Gasteiger partial charge in [-0.1, -0.05) is 60.7 Å². The minimum atomic E-state index is -1.21. The van der Waals surface area contributed by atoms with Crippen LogP contribution < -0.4 is 10.5 Å². The highest BCUT2D eigenvalue weighted by atomic mass is 79.9. The van der Waals surface area contributed by atoms with Crippen LogP contribution in [-0.2, 0) is 6.54 Å². The summed E-state index contributed by atoms with van der Waals surface area (Å²) < 4.78 is 1.04. The SMILES string of the molecule is Cc1cc(Br)c(NCc2ccc([Si](C)(C)C)cc2)cc1Cl. The molecule has 0 aromatic heterocycles. The third-order valence-electron chi connectivity index (χ3n) is 3.55. The highest BCUT2D eigenvalue weighted by Crippen LogP contribution is 2.29. The molecular weight excluding hydrogens is 362 g/mol. The van der Waals surface area contributed by atoms with Gasteiger partial charge in [0.1, 0.15) is 0 Å². The molecule has 1 nitrogen and oxygen atoms in total. The molecule has 0 aliphatic rings. The van der Waals surface area contributed by atoms with Gasteiger partial charge in [-0.3, -0.25) is 0 Å². The maximum absolute atomic E-state index is 6.18. The van der Waals surface area contributed by atoms with E-state index in [9.17, 15) is 0 Å². The predicted molar refractivity (Wildman–Crippen MR) is 101 cm³/mol. The van der Waals surface area contributed by atoms with Crippen molar-refractivity contribution in [2.45, 2.75) is 33.1 Å². The summed E-state index contributed by atoms with van der Waals surface area (Å²) in [6, 6.07) is 13.0. The van der Waals surface area contributed by atoms with Crippen molar-refractivity contribution < 1.29 is 0 Å². The molecule has 4 heteroatoms. The average molecular weight is 383 g/mol. The van der Waals surface area contributed by atoms with Gasteiger partial charge in [0, 0.05) is 16.0 Å². The fourth-order valence-electron chi connectivity index (χ4n) is 2.10. The molecule has 0 fully saturated rings. The number of benzene rings is 2. The minimum absolute atomic E-state index is 0.787. The maximum atomic E-state index is 6.18. The van der Waals surface area contributed by atoms with Crippen LogP contribution in [0.2, 0.25) is 24.7 Å². The van der Waals surface area contributed by atoms with Crippen LogP contribution in [0.15, 0.2) is 40.9 Å². The van der Waals surface area contributed by atoms with Gasteiger partial charge in [-0.15, -0.1) is 0 Å². The summed E-state index contributed by atoms with van der Waals surface area (Å²) in [6.45, 7) is 9.90. The second-order valence-corrected chi connectivity index (χ2v) is 12.7. The maximum Gasteiger partial charge on any atom is 0.0775 e. The van der Waals surface area contributed by atoms with Crippen LogP contribution in [0, 0.1) is 6.92 Å². The monoisotopic (exact) mass is 381 g/mol. The topological polar surface area (TPSA) is 12.0 Å². The second kappa shape index (κ2) is 6.55. The molecule has 2 aromatic carbocycles. The van der Waals surface area contributed by atoms with Crippen molar-refractivity contribution in [1.29, 1.82) is 0 Å². The second-order valence-electron chi connectivity index (χ2n) is 6.38. The number of hydrogen-bond donors (Lipinski definition) is 1. The first-order valence-electron chi connectivity index (χ1n) is 7.06. The third-order valence-corrected chi connectivity index (χ3v) is 6.68. The summed E-state index contributed by atoms with van der Waals surface area (Å²) in [4.78, 5) is 0. The molecule has 0 amide bonds.